The molecule has 29 heavy (non-hydrogen) atoms. The van der Waals surface area contributed by atoms with Crippen LogP contribution in [0.2, 0.25) is 0 Å². The van der Waals surface area contributed by atoms with Gasteiger partial charge in [0, 0.05) is 44.0 Å². The third-order valence-electron chi connectivity index (χ3n) is 6.00. The van der Waals surface area contributed by atoms with Crippen molar-refractivity contribution in [2.24, 2.45) is 10.9 Å². The first-order valence-corrected chi connectivity index (χ1v) is 10.5. The van der Waals surface area contributed by atoms with E-state index in [1.54, 1.807) is 13.3 Å². The molecule has 3 aliphatic heterocycles. The molecule has 0 bridgehead atoms. The summed E-state index contributed by atoms with van der Waals surface area (Å²) in [6.45, 7) is 6.11. The molecular formula is C22H29N4O3. The van der Waals surface area contributed by atoms with E-state index in [0.29, 0.717) is 23.7 Å². The zero-order valence-electron chi connectivity index (χ0n) is 17.0. The second kappa shape index (κ2) is 9.55. The maximum Gasteiger partial charge on any atom is 0.163 e. The molecule has 2 fully saturated rings. The average Bonchev–Trinajstić information content (AvgIpc) is 3.29. The first kappa shape index (κ1) is 20.1. The Morgan fingerprint density at radius 2 is 2.14 bits per heavy atom. The number of nitrogens with zero attached hydrogens (tertiary/aromatic N) is 3. The van der Waals surface area contributed by atoms with Gasteiger partial charge in [-0.05, 0) is 44.3 Å². The van der Waals surface area contributed by atoms with Crippen molar-refractivity contribution in [3.63, 3.8) is 0 Å². The summed E-state index contributed by atoms with van der Waals surface area (Å²) >= 11 is 0. The summed E-state index contributed by atoms with van der Waals surface area (Å²) in [6.07, 6.45) is 5.09. The Balaban J connectivity index is 1.51. The first-order valence-electron chi connectivity index (χ1n) is 10.5. The molecule has 2 saturated heterocycles. The van der Waals surface area contributed by atoms with Crippen LogP contribution in [-0.4, -0.2) is 70.0 Å². The van der Waals surface area contributed by atoms with Crippen LogP contribution in [0.4, 0.5) is 5.69 Å². The second-order valence-electron chi connectivity index (χ2n) is 7.84. The van der Waals surface area contributed by atoms with Gasteiger partial charge in [-0.3, -0.25) is 9.89 Å². The number of hydrogen-bond donors (Lipinski definition) is 1. The SMILES string of the molecule is COc1cc2c(cc1OCCCC1CCNC1)N=CC(=C=O)C2N1CC[N]CC1. The van der Waals surface area contributed by atoms with Gasteiger partial charge in [0.1, 0.15) is 5.94 Å². The fraction of sp³-hybridized carbons (Fsp3) is 0.591. The molecule has 7 heteroatoms. The molecular weight excluding hydrogens is 368 g/mol. The zero-order valence-corrected chi connectivity index (χ0v) is 17.0. The number of rotatable bonds is 7. The summed E-state index contributed by atoms with van der Waals surface area (Å²) in [4.78, 5) is 18.3. The van der Waals surface area contributed by atoms with Crippen LogP contribution < -0.4 is 20.1 Å². The molecule has 4 rings (SSSR count). The van der Waals surface area contributed by atoms with Gasteiger partial charge < -0.3 is 14.8 Å². The number of hydrogen-bond acceptors (Lipinski definition) is 6. The monoisotopic (exact) mass is 397 g/mol. The second-order valence-corrected chi connectivity index (χ2v) is 7.84. The lowest BCUT2D eigenvalue weighted by Gasteiger charge is -2.36. The van der Waals surface area contributed by atoms with Gasteiger partial charge in [-0.25, -0.2) is 10.1 Å². The van der Waals surface area contributed by atoms with Gasteiger partial charge in [0.2, 0.25) is 0 Å². The van der Waals surface area contributed by atoms with Gasteiger partial charge in [0.15, 0.2) is 11.5 Å². The summed E-state index contributed by atoms with van der Waals surface area (Å²) in [7, 11) is 1.65. The zero-order chi connectivity index (χ0) is 20.1. The van der Waals surface area contributed by atoms with E-state index in [-0.39, 0.29) is 6.04 Å². The van der Waals surface area contributed by atoms with Gasteiger partial charge >= 0.3 is 0 Å². The van der Waals surface area contributed by atoms with Gasteiger partial charge in [-0.1, -0.05) is 0 Å². The standard InChI is InChI=1S/C22H29N4O3/c1-28-20-11-18-19(12-21(20)29-10-2-3-16-4-5-24-13-16)25-14-17(15-27)22(18)26-8-6-23-7-9-26/h11-12,14,16,22,24H,2-10,13H2,1H3. The van der Waals surface area contributed by atoms with Crippen molar-refractivity contribution in [2.75, 3.05) is 53.0 Å². The topological polar surface area (TPSA) is 77.3 Å². The number of aliphatic imine (C=N–C) groups is 1. The summed E-state index contributed by atoms with van der Waals surface area (Å²) in [6, 6.07) is 3.74. The summed E-state index contributed by atoms with van der Waals surface area (Å²) < 4.78 is 11.7. The molecule has 3 heterocycles. The van der Waals surface area contributed by atoms with Crippen molar-refractivity contribution >= 4 is 17.8 Å². The van der Waals surface area contributed by atoms with E-state index in [0.717, 1.165) is 62.9 Å². The van der Waals surface area contributed by atoms with E-state index >= 15 is 0 Å². The molecule has 2 unspecified atom stereocenters. The molecule has 1 aromatic carbocycles. The lowest BCUT2D eigenvalue weighted by Crippen LogP contribution is -2.43. The molecule has 7 nitrogen and oxygen atoms in total. The van der Waals surface area contributed by atoms with E-state index in [4.69, 9.17) is 9.47 Å². The lowest BCUT2D eigenvalue weighted by molar-refractivity contribution is 0.197. The third-order valence-corrected chi connectivity index (χ3v) is 6.00. The van der Waals surface area contributed by atoms with Crippen LogP contribution in [0.5, 0.6) is 11.5 Å². The van der Waals surface area contributed by atoms with Crippen LogP contribution in [0.1, 0.15) is 30.9 Å². The van der Waals surface area contributed by atoms with Gasteiger partial charge in [0.25, 0.3) is 0 Å². The van der Waals surface area contributed by atoms with Crippen LogP contribution >= 0.6 is 0 Å². The van der Waals surface area contributed by atoms with Gasteiger partial charge in [0.05, 0.1) is 31.0 Å². The highest BCUT2D eigenvalue weighted by Crippen LogP contribution is 2.43. The van der Waals surface area contributed by atoms with E-state index in [1.165, 1.54) is 12.8 Å². The molecule has 0 aromatic heterocycles. The molecule has 3 aliphatic rings. The Morgan fingerprint density at radius 1 is 1.28 bits per heavy atom. The Kier molecular flexibility index (Phi) is 6.62. The maximum absolute atomic E-state index is 11.6. The predicted octanol–water partition coefficient (Wildman–Crippen LogP) is 1.90. The number of carbonyl (C=O) groups excluding carboxylic acids is 1. The number of methoxy groups -OCH3 is 1. The molecule has 0 spiro atoms. The largest absolute Gasteiger partial charge is 0.493 e. The quantitative estimate of drug-likeness (QED) is 0.562. The lowest BCUT2D eigenvalue weighted by atomic mass is 9.93. The minimum absolute atomic E-state index is 0.159. The van der Waals surface area contributed by atoms with E-state index in [1.807, 2.05) is 12.1 Å². The van der Waals surface area contributed by atoms with Crippen molar-refractivity contribution in [3.8, 4) is 11.5 Å². The summed E-state index contributed by atoms with van der Waals surface area (Å²) in [5.41, 5.74) is 2.35. The Bertz CT molecular complexity index is 791. The summed E-state index contributed by atoms with van der Waals surface area (Å²) in [5.74, 6) is 4.23. The Labute approximate surface area is 172 Å². The molecule has 0 saturated carbocycles. The fourth-order valence-electron chi connectivity index (χ4n) is 4.42. The van der Waals surface area contributed by atoms with Crippen molar-refractivity contribution in [1.29, 1.82) is 0 Å². The number of piperazine rings is 1. The van der Waals surface area contributed by atoms with Crippen molar-refractivity contribution in [1.82, 2.24) is 15.5 Å². The highest BCUT2D eigenvalue weighted by molar-refractivity contribution is 5.95. The summed E-state index contributed by atoms with van der Waals surface area (Å²) in [5, 5.41) is 7.82. The molecule has 2 atom stereocenters. The molecule has 1 N–H and O–H groups in total. The van der Waals surface area contributed by atoms with Crippen LogP contribution in [-0.2, 0) is 4.79 Å². The first-order chi connectivity index (χ1) is 14.3. The van der Waals surface area contributed by atoms with E-state index < -0.39 is 0 Å². The highest BCUT2D eigenvalue weighted by Gasteiger charge is 2.31. The van der Waals surface area contributed by atoms with Crippen LogP contribution in [0, 0.1) is 5.92 Å². The van der Waals surface area contributed by atoms with Gasteiger partial charge in [-0.2, -0.15) is 0 Å². The number of fused-ring (bicyclic) bond motifs is 1. The normalized spacial score (nSPS) is 24.2. The maximum atomic E-state index is 11.6. The smallest absolute Gasteiger partial charge is 0.163 e. The molecule has 1 aromatic rings. The highest BCUT2D eigenvalue weighted by atomic mass is 16.5. The van der Waals surface area contributed by atoms with E-state index in [2.05, 4.69) is 26.5 Å². The Morgan fingerprint density at radius 3 is 2.86 bits per heavy atom. The van der Waals surface area contributed by atoms with Crippen molar-refractivity contribution in [3.05, 3.63) is 23.3 Å². The van der Waals surface area contributed by atoms with E-state index in [9.17, 15) is 4.79 Å². The number of ether oxygens (including phenoxy) is 2. The van der Waals surface area contributed by atoms with Crippen LogP contribution in [0.25, 0.3) is 0 Å². The molecule has 0 aliphatic carbocycles. The van der Waals surface area contributed by atoms with Gasteiger partial charge in [-0.15, -0.1) is 0 Å². The average molecular weight is 397 g/mol. The predicted molar refractivity (Wildman–Crippen MR) is 112 cm³/mol. The third kappa shape index (κ3) is 4.54. The molecule has 1 radical (unpaired) electrons. The minimum atomic E-state index is -0.159. The van der Waals surface area contributed by atoms with Crippen LogP contribution in [0.3, 0.4) is 0 Å². The molecule has 155 valence electrons. The van der Waals surface area contributed by atoms with Crippen molar-refractivity contribution in [2.45, 2.75) is 25.3 Å². The number of nitrogens with one attached hydrogen (secondary N) is 1. The Hall–Kier alpha value is -2.18. The fourth-order valence-corrected chi connectivity index (χ4v) is 4.42. The van der Waals surface area contributed by atoms with Crippen molar-refractivity contribution < 1.29 is 14.3 Å². The molecule has 0 amide bonds. The number of benzene rings is 1. The minimum Gasteiger partial charge on any atom is -0.493 e. The van der Waals surface area contributed by atoms with Crippen LogP contribution in [0.15, 0.2) is 22.7 Å².